The molecule has 5 nitrogen and oxygen atoms in total. The zero-order valence-corrected chi connectivity index (χ0v) is 14.4. The third-order valence-corrected chi connectivity index (χ3v) is 3.85. The molecule has 0 bridgehead atoms. The van der Waals surface area contributed by atoms with E-state index in [2.05, 4.69) is 5.16 Å². The summed E-state index contributed by atoms with van der Waals surface area (Å²) >= 11 is 0. The maximum atomic E-state index is 12.2. The van der Waals surface area contributed by atoms with Crippen molar-refractivity contribution in [1.29, 1.82) is 0 Å². The average molecular weight is 337 g/mol. The fourth-order valence-corrected chi connectivity index (χ4v) is 2.40. The molecule has 0 saturated carbocycles. The van der Waals surface area contributed by atoms with Gasteiger partial charge in [0.2, 0.25) is 0 Å². The molecule has 0 N–H and O–H groups in total. The lowest BCUT2D eigenvalue weighted by atomic mass is 10.2. The monoisotopic (exact) mass is 337 g/mol. The molecule has 0 spiro atoms. The van der Waals surface area contributed by atoms with Crippen LogP contribution < -0.4 is 9.47 Å². The van der Waals surface area contributed by atoms with Crippen molar-refractivity contribution >= 4 is 5.97 Å². The summed E-state index contributed by atoms with van der Waals surface area (Å²) in [6.45, 7) is 6.04. The number of ether oxygens (including phenoxy) is 2. The number of hydrogen-bond acceptors (Lipinski definition) is 5. The average Bonchev–Trinajstić information content (AvgIpc) is 2.92. The molecule has 25 heavy (non-hydrogen) atoms. The molecule has 0 amide bonds. The number of aryl methyl sites for hydroxylation is 3. The van der Waals surface area contributed by atoms with E-state index in [0.717, 1.165) is 22.6 Å². The van der Waals surface area contributed by atoms with Crippen LogP contribution in [0.5, 0.6) is 11.5 Å². The van der Waals surface area contributed by atoms with Gasteiger partial charge in [0.1, 0.15) is 23.9 Å². The van der Waals surface area contributed by atoms with E-state index in [-0.39, 0.29) is 0 Å². The largest absolute Gasteiger partial charge is 0.489 e. The minimum absolute atomic E-state index is 0.369. The number of carbonyl (C=O) groups is 1. The highest BCUT2D eigenvalue weighted by Crippen LogP contribution is 2.19. The van der Waals surface area contributed by atoms with Gasteiger partial charge in [0.05, 0.1) is 16.8 Å². The van der Waals surface area contributed by atoms with Crippen molar-refractivity contribution in [3.63, 3.8) is 0 Å². The highest BCUT2D eigenvalue weighted by atomic mass is 16.5. The number of hydrogen-bond donors (Lipinski definition) is 0. The molecular formula is C20H19NO4. The van der Waals surface area contributed by atoms with Gasteiger partial charge < -0.3 is 14.0 Å². The number of nitrogens with zero attached hydrogens (tertiary/aromatic N) is 1. The second kappa shape index (κ2) is 7.21. The van der Waals surface area contributed by atoms with Gasteiger partial charge >= 0.3 is 5.97 Å². The molecule has 1 heterocycles. The van der Waals surface area contributed by atoms with Gasteiger partial charge in [0, 0.05) is 0 Å². The summed E-state index contributed by atoms with van der Waals surface area (Å²) < 4.78 is 16.2. The van der Waals surface area contributed by atoms with Crippen LogP contribution in [0.3, 0.4) is 0 Å². The van der Waals surface area contributed by atoms with Gasteiger partial charge in [-0.3, -0.25) is 0 Å². The van der Waals surface area contributed by atoms with E-state index >= 15 is 0 Å². The normalized spacial score (nSPS) is 10.5. The zero-order chi connectivity index (χ0) is 17.8. The molecule has 0 fully saturated rings. The number of aromatic nitrogens is 1. The van der Waals surface area contributed by atoms with Crippen LogP contribution in [0.1, 0.15) is 32.9 Å². The predicted molar refractivity (Wildman–Crippen MR) is 92.9 cm³/mol. The molecule has 1 aromatic heterocycles. The fourth-order valence-electron chi connectivity index (χ4n) is 2.40. The van der Waals surface area contributed by atoms with Crippen LogP contribution in [-0.2, 0) is 6.61 Å². The molecule has 0 unspecified atom stereocenters. The maximum absolute atomic E-state index is 12.2. The SMILES string of the molecule is Cc1cccc(OC(=O)c2ccc(OCc3c(C)noc3C)cc2)c1. The summed E-state index contributed by atoms with van der Waals surface area (Å²) in [6.07, 6.45) is 0. The first kappa shape index (κ1) is 16.8. The van der Waals surface area contributed by atoms with E-state index in [4.69, 9.17) is 14.0 Å². The third kappa shape index (κ3) is 4.07. The first-order valence-electron chi connectivity index (χ1n) is 7.96. The van der Waals surface area contributed by atoms with Crippen molar-refractivity contribution in [1.82, 2.24) is 5.16 Å². The van der Waals surface area contributed by atoms with E-state index in [1.165, 1.54) is 0 Å². The standard InChI is InChI=1S/C20H19NO4/c1-13-5-4-6-18(11-13)24-20(22)16-7-9-17(10-8-16)23-12-19-14(2)21-25-15(19)3/h4-11H,12H2,1-3H3. The minimum atomic E-state index is -0.400. The molecule has 0 radical (unpaired) electrons. The van der Waals surface area contributed by atoms with Gasteiger partial charge in [-0.2, -0.15) is 0 Å². The van der Waals surface area contributed by atoms with E-state index in [9.17, 15) is 4.79 Å². The van der Waals surface area contributed by atoms with Gasteiger partial charge in [-0.25, -0.2) is 4.79 Å². The highest BCUT2D eigenvalue weighted by Gasteiger charge is 2.11. The molecule has 0 aliphatic rings. The van der Waals surface area contributed by atoms with Crippen molar-refractivity contribution in [3.05, 3.63) is 76.7 Å². The van der Waals surface area contributed by atoms with Crippen LogP contribution in [0.25, 0.3) is 0 Å². The van der Waals surface area contributed by atoms with Gasteiger partial charge in [0.15, 0.2) is 0 Å². The Morgan fingerprint density at radius 3 is 2.44 bits per heavy atom. The van der Waals surface area contributed by atoms with Crippen LogP contribution in [0.15, 0.2) is 53.1 Å². The smallest absolute Gasteiger partial charge is 0.343 e. The number of rotatable bonds is 5. The van der Waals surface area contributed by atoms with Gasteiger partial charge in [0.25, 0.3) is 0 Å². The van der Waals surface area contributed by atoms with E-state index in [1.54, 1.807) is 30.3 Å². The van der Waals surface area contributed by atoms with Crippen molar-refractivity contribution in [2.75, 3.05) is 0 Å². The molecule has 5 heteroatoms. The van der Waals surface area contributed by atoms with Crippen LogP contribution in [-0.4, -0.2) is 11.1 Å². The van der Waals surface area contributed by atoms with Gasteiger partial charge in [-0.05, 0) is 62.7 Å². The Balaban J connectivity index is 1.62. The Morgan fingerprint density at radius 1 is 1.04 bits per heavy atom. The fraction of sp³-hybridized carbons (Fsp3) is 0.200. The van der Waals surface area contributed by atoms with Crippen molar-refractivity contribution in [2.45, 2.75) is 27.4 Å². The summed E-state index contributed by atoms with van der Waals surface area (Å²) in [6, 6.07) is 14.2. The molecule has 0 atom stereocenters. The van der Waals surface area contributed by atoms with Crippen LogP contribution in [0.4, 0.5) is 0 Å². The number of esters is 1. The molecule has 2 aromatic carbocycles. The Bertz CT molecular complexity index is 861. The Hall–Kier alpha value is -3.08. The summed E-state index contributed by atoms with van der Waals surface area (Å²) in [5.41, 5.74) is 3.25. The lowest BCUT2D eigenvalue weighted by Crippen LogP contribution is -2.08. The quantitative estimate of drug-likeness (QED) is 0.510. The lowest BCUT2D eigenvalue weighted by molar-refractivity contribution is 0.0734. The van der Waals surface area contributed by atoms with Crippen LogP contribution in [0, 0.1) is 20.8 Å². The van der Waals surface area contributed by atoms with Crippen molar-refractivity contribution in [3.8, 4) is 11.5 Å². The number of benzene rings is 2. The summed E-state index contributed by atoms with van der Waals surface area (Å²) in [7, 11) is 0. The second-order valence-electron chi connectivity index (χ2n) is 5.82. The highest BCUT2D eigenvalue weighted by molar-refractivity contribution is 5.91. The molecule has 128 valence electrons. The van der Waals surface area contributed by atoms with Gasteiger partial charge in [-0.1, -0.05) is 17.3 Å². The molecular weight excluding hydrogens is 318 g/mol. The predicted octanol–water partition coefficient (Wildman–Crippen LogP) is 4.40. The molecule has 3 aromatic rings. The maximum Gasteiger partial charge on any atom is 0.343 e. The summed E-state index contributed by atoms with van der Waals surface area (Å²) in [5.74, 6) is 1.54. The second-order valence-corrected chi connectivity index (χ2v) is 5.82. The number of carbonyl (C=O) groups excluding carboxylic acids is 1. The van der Waals surface area contributed by atoms with Crippen LogP contribution >= 0.6 is 0 Å². The van der Waals surface area contributed by atoms with Gasteiger partial charge in [-0.15, -0.1) is 0 Å². The first-order chi connectivity index (χ1) is 12.0. The zero-order valence-electron chi connectivity index (χ0n) is 14.4. The molecule has 0 saturated heterocycles. The topological polar surface area (TPSA) is 61.6 Å². The Labute approximate surface area is 146 Å². The third-order valence-electron chi connectivity index (χ3n) is 3.85. The molecule has 0 aliphatic heterocycles. The Morgan fingerprint density at radius 2 is 1.80 bits per heavy atom. The van der Waals surface area contributed by atoms with E-state index in [0.29, 0.717) is 23.7 Å². The summed E-state index contributed by atoms with van der Waals surface area (Å²) in [5, 5.41) is 3.90. The van der Waals surface area contributed by atoms with E-state index < -0.39 is 5.97 Å². The van der Waals surface area contributed by atoms with Crippen molar-refractivity contribution < 1.29 is 18.8 Å². The molecule has 3 rings (SSSR count). The van der Waals surface area contributed by atoms with E-state index in [1.807, 2.05) is 39.0 Å². The Kier molecular flexibility index (Phi) is 4.84. The molecule has 0 aliphatic carbocycles. The van der Waals surface area contributed by atoms with Crippen molar-refractivity contribution in [2.24, 2.45) is 0 Å². The van der Waals surface area contributed by atoms with Crippen LogP contribution in [0.2, 0.25) is 0 Å². The first-order valence-corrected chi connectivity index (χ1v) is 7.96. The lowest BCUT2D eigenvalue weighted by Gasteiger charge is -2.08. The minimum Gasteiger partial charge on any atom is -0.489 e. The summed E-state index contributed by atoms with van der Waals surface area (Å²) in [4.78, 5) is 12.2.